The summed E-state index contributed by atoms with van der Waals surface area (Å²) in [7, 11) is 0. The number of hydrogen-bond donors (Lipinski definition) is 0. The van der Waals surface area contributed by atoms with E-state index in [1.807, 2.05) is 30.3 Å². The molecule has 0 heterocycles. The minimum absolute atomic E-state index is 0. The Kier molecular flexibility index (Phi) is 6.07. The van der Waals surface area contributed by atoms with Crippen LogP contribution in [-0.2, 0) is 4.55 Å². The molecule has 1 aromatic carbocycles. The third kappa shape index (κ3) is 3.39. The van der Waals surface area contributed by atoms with Gasteiger partial charge in [-0.05, 0) is 0 Å². The molecule has 0 aromatic heterocycles. The lowest BCUT2D eigenvalue weighted by molar-refractivity contribution is 0.859. The van der Waals surface area contributed by atoms with Crippen molar-refractivity contribution >= 4 is 33.3 Å². The molecule has 0 unspecified atom stereocenters. The van der Waals surface area contributed by atoms with Gasteiger partial charge in [-0.2, -0.15) is 0 Å². The first-order chi connectivity index (χ1) is 4.43. The Balaban J connectivity index is 0.000000810. The monoisotopic (exact) mass is 170 g/mol. The zero-order valence-electron chi connectivity index (χ0n) is 5.59. The molecule has 0 bridgehead atoms. The number of hydrogen-bond acceptors (Lipinski definition) is 0. The van der Waals surface area contributed by atoms with Crippen LogP contribution < -0.4 is 0 Å². The summed E-state index contributed by atoms with van der Waals surface area (Å²) in [6.45, 7) is 0. The third-order valence-electron chi connectivity index (χ3n) is 1.23. The molecule has 0 nitrogen and oxygen atoms in total. The lowest BCUT2D eigenvalue weighted by Crippen LogP contribution is -1.87. The molecule has 0 fully saturated rings. The molecule has 10 heavy (non-hydrogen) atoms. The van der Waals surface area contributed by atoms with Gasteiger partial charge in [-0.1, -0.05) is 40.4 Å². The first-order valence-electron chi connectivity index (χ1n) is 3.03. The predicted octanol–water partition coefficient (Wildman–Crippen LogP) is 2.20. The first-order valence-corrected chi connectivity index (χ1v) is 4.57. The molecule has 0 N–H and O–H groups in total. The topological polar surface area (TPSA) is 0 Å². The van der Waals surface area contributed by atoms with Crippen molar-refractivity contribution < 1.29 is 2.96 Å². The second-order valence-corrected chi connectivity index (χ2v) is 2.80. The fourth-order valence-corrected chi connectivity index (χ4v) is 1.31. The van der Waals surface area contributed by atoms with Crippen molar-refractivity contribution in [2.24, 2.45) is 0 Å². The van der Waals surface area contributed by atoms with E-state index in [0.29, 0.717) is 4.55 Å². The average Bonchev–Trinajstić information content (AvgIpc) is 1.91. The van der Waals surface area contributed by atoms with Crippen LogP contribution in [0, 0.1) is 0 Å². The molecule has 0 aliphatic carbocycles. The summed E-state index contributed by atoms with van der Waals surface area (Å²) in [4.78, 5) is 0. The van der Waals surface area contributed by atoms with Gasteiger partial charge in [0.25, 0.3) is 0 Å². The van der Waals surface area contributed by atoms with E-state index in [0.717, 1.165) is 5.56 Å². The van der Waals surface area contributed by atoms with Gasteiger partial charge in [-0.15, -0.1) is 12.4 Å². The molecule has 1 aromatic rings. The molecule has 0 aliphatic rings. The molecule has 3 heteroatoms. The van der Waals surface area contributed by atoms with Crippen molar-refractivity contribution in [3.05, 3.63) is 35.9 Å². The number of halogens is 2. The summed E-state index contributed by atoms with van der Waals surface area (Å²) in [5, 5.41) is 0. The van der Waals surface area contributed by atoms with Crippen LogP contribution in [0.15, 0.2) is 30.3 Å². The van der Waals surface area contributed by atoms with E-state index in [-0.39, 0.29) is 12.4 Å². The summed E-state index contributed by atoms with van der Waals surface area (Å²) >= 11 is -1.28. The molecule has 0 amide bonds. The molecular weight excluding hydrogens is 163 g/mol. The van der Waals surface area contributed by atoms with Crippen molar-refractivity contribution in [1.82, 2.24) is 0 Å². The van der Waals surface area contributed by atoms with Gasteiger partial charge in [0.05, 0.1) is 0 Å². The van der Waals surface area contributed by atoms with Crippen LogP contribution in [0.2, 0.25) is 0 Å². The Labute approximate surface area is 76.7 Å². The molecule has 0 spiro atoms. The SMILES string of the molecule is Cl.[F][Mg][CH2]c1ccccc1. The molecule has 52 valence electrons. The van der Waals surface area contributed by atoms with Crippen LogP contribution in [0.1, 0.15) is 5.56 Å². The standard InChI is InChI=1S/C7H7.ClH.FH.Mg/c1-7-5-3-2-4-6-7;;;/h2-6H,1H2;2*1H;/q;;;+1/p-1. The predicted molar refractivity (Wildman–Crippen MR) is 44.3 cm³/mol. The normalized spacial score (nSPS) is 7.70. The van der Waals surface area contributed by atoms with Gasteiger partial charge >= 0.3 is 20.9 Å². The summed E-state index contributed by atoms with van der Waals surface area (Å²) in [5.74, 6) is 0. The summed E-state index contributed by atoms with van der Waals surface area (Å²) in [5.41, 5.74) is 1.13. The Hall–Kier alpha value is 0.206. The highest BCUT2D eigenvalue weighted by Gasteiger charge is 1.94. The maximum absolute atomic E-state index is 11.8. The van der Waals surface area contributed by atoms with Crippen molar-refractivity contribution in [3.63, 3.8) is 0 Å². The van der Waals surface area contributed by atoms with E-state index in [4.69, 9.17) is 0 Å². The van der Waals surface area contributed by atoms with Crippen LogP contribution in [0.25, 0.3) is 0 Å². The van der Waals surface area contributed by atoms with Crippen molar-refractivity contribution in [1.29, 1.82) is 0 Å². The molecule has 0 radical (unpaired) electrons. The van der Waals surface area contributed by atoms with Crippen LogP contribution >= 0.6 is 12.4 Å². The minimum atomic E-state index is -1.28. The highest BCUT2D eigenvalue weighted by Crippen LogP contribution is 1.97. The van der Waals surface area contributed by atoms with E-state index >= 15 is 0 Å². The van der Waals surface area contributed by atoms with Crippen molar-refractivity contribution in [2.75, 3.05) is 0 Å². The quantitative estimate of drug-likeness (QED) is 0.598. The third-order valence-corrected chi connectivity index (χ3v) is 1.99. The molecular formula is C7H8ClFMg. The Morgan fingerprint density at radius 3 is 2.30 bits per heavy atom. The van der Waals surface area contributed by atoms with E-state index in [2.05, 4.69) is 0 Å². The lowest BCUT2D eigenvalue weighted by atomic mass is 10.2. The highest BCUT2D eigenvalue weighted by molar-refractivity contribution is 6.25. The van der Waals surface area contributed by atoms with Gasteiger partial charge in [-0.25, -0.2) is 0 Å². The van der Waals surface area contributed by atoms with Gasteiger partial charge in [-0.3, -0.25) is 0 Å². The van der Waals surface area contributed by atoms with Crippen LogP contribution in [-0.4, -0.2) is 20.9 Å². The fourth-order valence-electron chi connectivity index (χ4n) is 0.754. The maximum Gasteiger partial charge on any atom is 0.619 e. The van der Waals surface area contributed by atoms with Crippen molar-refractivity contribution in [3.8, 4) is 0 Å². The van der Waals surface area contributed by atoms with Gasteiger partial charge in [0.15, 0.2) is 0 Å². The largest absolute Gasteiger partial charge is 0.619 e. The summed E-state index contributed by atoms with van der Waals surface area (Å²) < 4.78 is 12.5. The van der Waals surface area contributed by atoms with Gasteiger partial charge in [0.1, 0.15) is 0 Å². The second-order valence-electron chi connectivity index (χ2n) is 1.92. The minimum Gasteiger partial charge on any atom is -0.485 e. The fraction of sp³-hybridized carbons (Fsp3) is 0.143. The average molecular weight is 171 g/mol. The lowest BCUT2D eigenvalue weighted by Gasteiger charge is -1.91. The molecule has 0 saturated heterocycles. The zero-order chi connectivity index (χ0) is 6.53. The van der Waals surface area contributed by atoms with Crippen LogP contribution in [0.5, 0.6) is 0 Å². The maximum atomic E-state index is 11.8. The number of rotatable bonds is 2. The molecule has 0 saturated carbocycles. The van der Waals surface area contributed by atoms with Gasteiger partial charge < -0.3 is 2.96 Å². The summed E-state index contributed by atoms with van der Waals surface area (Å²) in [6.07, 6.45) is 0. The summed E-state index contributed by atoms with van der Waals surface area (Å²) in [6, 6.07) is 9.77. The molecule has 0 atom stereocenters. The Morgan fingerprint density at radius 2 is 1.80 bits per heavy atom. The molecule has 1 rings (SSSR count). The van der Waals surface area contributed by atoms with Gasteiger partial charge in [0.2, 0.25) is 0 Å². The smallest absolute Gasteiger partial charge is 0.485 e. The van der Waals surface area contributed by atoms with Crippen LogP contribution in [0.4, 0.5) is 2.96 Å². The van der Waals surface area contributed by atoms with E-state index in [9.17, 15) is 2.96 Å². The zero-order valence-corrected chi connectivity index (χ0v) is 7.82. The highest BCUT2D eigenvalue weighted by atomic mass is 35.5. The number of benzene rings is 1. The Bertz CT molecular complexity index is 167. The first kappa shape index (κ1) is 10.2. The Morgan fingerprint density at radius 1 is 1.20 bits per heavy atom. The van der Waals surface area contributed by atoms with Crippen LogP contribution in [0.3, 0.4) is 0 Å². The van der Waals surface area contributed by atoms with Crippen molar-refractivity contribution in [2.45, 2.75) is 4.55 Å². The van der Waals surface area contributed by atoms with E-state index < -0.39 is 20.9 Å². The molecule has 0 aliphatic heterocycles. The van der Waals surface area contributed by atoms with Gasteiger partial charge in [0, 0.05) is 0 Å². The second kappa shape index (κ2) is 5.95. The van der Waals surface area contributed by atoms with E-state index in [1.165, 1.54) is 0 Å². The van der Waals surface area contributed by atoms with E-state index in [1.54, 1.807) is 0 Å².